The lowest BCUT2D eigenvalue weighted by molar-refractivity contribution is -0.127. The maximum Gasteiger partial charge on any atom is 0.272 e. The second-order valence-electron chi connectivity index (χ2n) is 13.2. The molecule has 47 heavy (non-hydrogen) atoms. The molecule has 2 aromatic carbocycles. The topological polar surface area (TPSA) is 102 Å². The van der Waals surface area contributed by atoms with Gasteiger partial charge in [0.15, 0.2) is 0 Å². The first-order valence-corrected chi connectivity index (χ1v) is 16.9. The smallest absolute Gasteiger partial charge is 0.272 e. The number of H-pyrrole nitrogens is 1. The van der Waals surface area contributed by atoms with Crippen LogP contribution >= 0.6 is 11.6 Å². The van der Waals surface area contributed by atoms with Gasteiger partial charge in [-0.2, -0.15) is 0 Å². The molecule has 2 aliphatic rings. The van der Waals surface area contributed by atoms with Crippen molar-refractivity contribution in [3.63, 3.8) is 0 Å². The van der Waals surface area contributed by atoms with Gasteiger partial charge in [-0.15, -0.1) is 0 Å². The van der Waals surface area contributed by atoms with Crippen LogP contribution in [0.15, 0.2) is 73.1 Å². The van der Waals surface area contributed by atoms with Gasteiger partial charge in [-0.05, 0) is 99.1 Å². The van der Waals surface area contributed by atoms with Gasteiger partial charge in [0.2, 0.25) is 11.8 Å². The third kappa shape index (κ3) is 7.85. The SMILES string of the molecule is CN(C)C[C@H]1Cc2cc(Cl)ccc2N(C(=O)[C@@H](Cc2c[nH]c3ccccc23)NC(=O)CCC2CCN(C(=O)c3ccccn3)CC2)C1. The first-order chi connectivity index (χ1) is 22.7. The van der Waals surface area contributed by atoms with E-state index in [2.05, 4.69) is 20.2 Å². The summed E-state index contributed by atoms with van der Waals surface area (Å²) in [4.78, 5) is 54.2. The summed E-state index contributed by atoms with van der Waals surface area (Å²) < 4.78 is 0. The molecule has 2 aromatic heterocycles. The first-order valence-electron chi connectivity index (χ1n) is 16.5. The molecule has 0 unspecified atom stereocenters. The summed E-state index contributed by atoms with van der Waals surface area (Å²) in [5.41, 5.74) is 4.36. The lowest BCUT2D eigenvalue weighted by Crippen LogP contribution is -2.53. The van der Waals surface area contributed by atoms with Gasteiger partial charge in [-0.25, -0.2) is 0 Å². The average molecular weight is 655 g/mol. The Hall–Kier alpha value is -4.21. The summed E-state index contributed by atoms with van der Waals surface area (Å²) in [5, 5.41) is 4.84. The van der Waals surface area contributed by atoms with Crippen LogP contribution in [-0.4, -0.2) is 83.8 Å². The Morgan fingerprint density at radius 2 is 1.83 bits per heavy atom. The molecule has 10 heteroatoms. The predicted octanol–water partition coefficient (Wildman–Crippen LogP) is 5.34. The van der Waals surface area contributed by atoms with Crippen molar-refractivity contribution in [2.24, 2.45) is 11.8 Å². The van der Waals surface area contributed by atoms with Gasteiger partial charge >= 0.3 is 0 Å². The van der Waals surface area contributed by atoms with Gasteiger partial charge in [0, 0.05) is 73.0 Å². The Balaban J connectivity index is 1.15. The molecule has 2 N–H and O–H groups in total. The quantitative estimate of drug-likeness (QED) is 0.240. The van der Waals surface area contributed by atoms with Crippen molar-refractivity contribution in [2.45, 2.75) is 44.6 Å². The maximum absolute atomic E-state index is 14.5. The van der Waals surface area contributed by atoms with Crippen LogP contribution in [0.2, 0.25) is 5.02 Å². The molecule has 1 fully saturated rings. The summed E-state index contributed by atoms with van der Waals surface area (Å²) in [6.45, 7) is 2.70. The van der Waals surface area contributed by atoms with E-state index < -0.39 is 6.04 Å². The lowest BCUT2D eigenvalue weighted by Gasteiger charge is -2.37. The normalized spacial score (nSPS) is 17.5. The fourth-order valence-electron chi connectivity index (χ4n) is 7.15. The number of likely N-dealkylation sites (tertiary alicyclic amines) is 1. The number of nitrogens with zero attached hydrogens (tertiary/aromatic N) is 4. The number of anilines is 1. The molecule has 0 bridgehead atoms. The number of hydrogen-bond acceptors (Lipinski definition) is 5. The van der Waals surface area contributed by atoms with Crippen molar-refractivity contribution >= 4 is 45.9 Å². The minimum absolute atomic E-state index is 0.0465. The number of carbonyl (C=O) groups excluding carboxylic acids is 3. The third-order valence-corrected chi connectivity index (χ3v) is 9.70. The van der Waals surface area contributed by atoms with E-state index in [1.54, 1.807) is 18.3 Å². The number of pyridine rings is 1. The molecule has 1 saturated heterocycles. The highest BCUT2D eigenvalue weighted by Crippen LogP contribution is 2.33. The molecule has 246 valence electrons. The van der Waals surface area contributed by atoms with E-state index >= 15 is 0 Å². The zero-order valence-electron chi connectivity index (χ0n) is 27.1. The minimum Gasteiger partial charge on any atom is -0.361 e. The average Bonchev–Trinajstić information content (AvgIpc) is 3.49. The van der Waals surface area contributed by atoms with E-state index in [0.29, 0.717) is 55.5 Å². The Labute approximate surface area is 281 Å². The largest absolute Gasteiger partial charge is 0.361 e. The molecular formula is C37H43ClN6O3. The minimum atomic E-state index is -0.735. The van der Waals surface area contributed by atoms with Gasteiger partial charge < -0.3 is 25.0 Å². The number of rotatable bonds is 10. The van der Waals surface area contributed by atoms with Crippen LogP contribution in [-0.2, 0) is 22.4 Å². The molecule has 0 saturated carbocycles. The highest BCUT2D eigenvalue weighted by atomic mass is 35.5. The monoisotopic (exact) mass is 654 g/mol. The number of halogens is 1. The van der Waals surface area contributed by atoms with E-state index in [9.17, 15) is 14.4 Å². The van der Waals surface area contributed by atoms with Crippen LogP contribution < -0.4 is 10.2 Å². The zero-order chi connectivity index (χ0) is 32.9. The van der Waals surface area contributed by atoms with E-state index in [-0.39, 0.29) is 23.6 Å². The zero-order valence-corrected chi connectivity index (χ0v) is 27.9. The highest BCUT2D eigenvalue weighted by molar-refractivity contribution is 6.30. The van der Waals surface area contributed by atoms with Gasteiger partial charge in [-0.3, -0.25) is 19.4 Å². The molecular weight excluding hydrogens is 612 g/mol. The number of carbonyl (C=O) groups is 3. The van der Waals surface area contributed by atoms with Gasteiger partial charge in [0.1, 0.15) is 11.7 Å². The Kier molecular flexibility index (Phi) is 10.2. The molecule has 2 atom stereocenters. The number of hydrogen-bond donors (Lipinski definition) is 2. The van der Waals surface area contributed by atoms with Crippen LogP contribution in [0.1, 0.15) is 47.3 Å². The van der Waals surface area contributed by atoms with Crippen molar-refractivity contribution in [2.75, 3.05) is 45.2 Å². The number of amides is 3. The maximum atomic E-state index is 14.5. The van der Waals surface area contributed by atoms with Gasteiger partial charge in [-0.1, -0.05) is 35.9 Å². The predicted molar refractivity (Wildman–Crippen MR) is 186 cm³/mol. The Bertz CT molecular complexity index is 1720. The molecule has 9 nitrogen and oxygen atoms in total. The second-order valence-corrected chi connectivity index (χ2v) is 13.7. The van der Waals surface area contributed by atoms with Crippen molar-refractivity contribution in [3.8, 4) is 0 Å². The van der Waals surface area contributed by atoms with Crippen LogP contribution in [0.4, 0.5) is 5.69 Å². The van der Waals surface area contributed by atoms with Crippen molar-refractivity contribution in [1.29, 1.82) is 0 Å². The molecule has 3 amide bonds. The molecule has 4 aromatic rings. The summed E-state index contributed by atoms with van der Waals surface area (Å²) in [6.07, 6.45) is 7.50. The van der Waals surface area contributed by atoms with Gasteiger partial charge in [0.25, 0.3) is 5.91 Å². The Morgan fingerprint density at radius 3 is 2.60 bits per heavy atom. The van der Waals surface area contributed by atoms with Crippen LogP contribution in [0.5, 0.6) is 0 Å². The molecule has 0 radical (unpaired) electrons. The fraction of sp³-hybridized carbons (Fsp3) is 0.405. The van der Waals surface area contributed by atoms with Crippen molar-refractivity contribution in [3.05, 3.63) is 94.9 Å². The van der Waals surface area contributed by atoms with Gasteiger partial charge in [0.05, 0.1) is 0 Å². The number of nitrogens with one attached hydrogen (secondary N) is 2. The number of piperidine rings is 1. The van der Waals surface area contributed by atoms with Crippen LogP contribution in [0, 0.1) is 11.8 Å². The lowest BCUT2D eigenvalue weighted by atomic mass is 9.90. The number of fused-ring (bicyclic) bond motifs is 2. The molecule has 0 spiro atoms. The third-order valence-electron chi connectivity index (χ3n) is 9.47. The summed E-state index contributed by atoms with van der Waals surface area (Å²) in [7, 11) is 4.09. The number of benzene rings is 2. The van der Waals surface area contributed by atoms with Crippen molar-refractivity contribution in [1.82, 2.24) is 25.1 Å². The van der Waals surface area contributed by atoms with E-state index in [0.717, 1.165) is 53.5 Å². The van der Waals surface area contributed by atoms with Crippen LogP contribution in [0.25, 0.3) is 10.9 Å². The number of aromatic nitrogens is 2. The molecule has 2 aliphatic heterocycles. The first kappa shape index (κ1) is 32.7. The standard InChI is InChI=1S/C37H43ClN6O3/c1-42(2)23-26-19-27-20-29(38)11-12-34(27)44(24-26)37(47)33(21-28-22-40-31-8-4-3-7-30(28)31)41-35(45)13-10-25-14-17-43(18-15-25)36(46)32-9-5-6-16-39-32/h3-9,11-12,16,20,22,25-26,33,40H,10,13-15,17-19,21,23-24H2,1-2H3,(H,41,45)/t26-,33-/m1/s1. The summed E-state index contributed by atoms with van der Waals surface area (Å²) in [6, 6.07) is 18.4. The highest BCUT2D eigenvalue weighted by Gasteiger charge is 2.34. The van der Waals surface area contributed by atoms with Crippen molar-refractivity contribution < 1.29 is 14.4 Å². The molecule has 0 aliphatic carbocycles. The Morgan fingerprint density at radius 1 is 1.04 bits per heavy atom. The summed E-state index contributed by atoms with van der Waals surface area (Å²) in [5.74, 6) is 0.279. The van der Waals surface area contributed by atoms with Crippen LogP contribution in [0.3, 0.4) is 0 Å². The second kappa shape index (κ2) is 14.7. The number of aromatic amines is 1. The summed E-state index contributed by atoms with van der Waals surface area (Å²) >= 11 is 6.39. The van der Waals surface area contributed by atoms with E-state index in [1.165, 1.54) is 0 Å². The van der Waals surface area contributed by atoms with E-state index in [4.69, 9.17) is 11.6 Å². The van der Waals surface area contributed by atoms with E-state index in [1.807, 2.05) is 78.6 Å². The number of para-hydroxylation sites is 1. The molecule has 6 rings (SSSR count). The molecule has 4 heterocycles. The fourth-order valence-corrected chi connectivity index (χ4v) is 7.34.